The van der Waals surface area contributed by atoms with Gasteiger partial charge in [0.15, 0.2) is 11.8 Å². The fourth-order valence-corrected chi connectivity index (χ4v) is 5.78. The lowest BCUT2D eigenvalue weighted by Crippen LogP contribution is -2.48. The molecule has 37 heavy (non-hydrogen) atoms. The van der Waals surface area contributed by atoms with Crippen LogP contribution in [0.25, 0.3) is 22.2 Å². The lowest BCUT2D eigenvalue weighted by atomic mass is 9.69. The summed E-state index contributed by atoms with van der Waals surface area (Å²) in [5.41, 5.74) is 3.77. The van der Waals surface area contributed by atoms with Crippen LogP contribution < -0.4 is 0 Å². The van der Waals surface area contributed by atoms with E-state index in [0.29, 0.717) is 24.4 Å². The smallest absolute Gasteiger partial charge is 0.264 e. The van der Waals surface area contributed by atoms with Crippen molar-refractivity contribution in [3.8, 4) is 11.3 Å². The average molecular weight is 536 g/mol. The molecule has 0 amide bonds. The molecular weight excluding hydrogens is 512 g/mol. The molecule has 2 aliphatic heterocycles. The summed E-state index contributed by atoms with van der Waals surface area (Å²) in [6.45, 7) is -0.281. The number of quaternary nitrogens is 1. The molecule has 0 radical (unpaired) electrons. The Morgan fingerprint density at radius 2 is 1.86 bits per heavy atom. The zero-order chi connectivity index (χ0) is 25.8. The van der Waals surface area contributed by atoms with Crippen molar-refractivity contribution in [2.75, 3.05) is 12.9 Å². The molecule has 8 nitrogen and oxygen atoms in total. The molecule has 1 atom stereocenters. The van der Waals surface area contributed by atoms with Crippen molar-refractivity contribution >= 4 is 44.8 Å². The van der Waals surface area contributed by atoms with Gasteiger partial charge in [0.2, 0.25) is 5.70 Å². The minimum absolute atomic E-state index is 0.113. The van der Waals surface area contributed by atoms with Crippen LogP contribution in [0.2, 0.25) is 0 Å². The first-order valence-corrected chi connectivity index (χ1v) is 14.0. The number of nitrogens with zero attached hydrogens (tertiary/aromatic N) is 4. The van der Waals surface area contributed by atoms with Gasteiger partial charge in [-0.05, 0) is 31.0 Å². The summed E-state index contributed by atoms with van der Waals surface area (Å²) >= 11 is 7.15. The Bertz CT molecular complexity index is 1640. The molecular formula is C27H24ClN4O4S+. The van der Waals surface area contributed by atoms with Crippen molar-refractivity contribution in [1.29, 1.82) is 0 Å². The van der Waals surface area contributed by atoms with Crippen LogP contribution >= 0.6 is 11.8 Å². The second-order valence-electron chi connectivity index (χ2n) is 9.68. The summed E-state index contributed by atoms with van der Waals surface area (Å²) in [5.74, 6) is 0.504. The Labute approximate surface area is 219 Å². The van der Waals surface area contributed by atoms with Gasteiger partial charge in [0, 0.05) is 16.9 Å². The fourth-order valence-electron chi connectivity index (χ4n) is 5.03. The molecule has 1 aromatic heterocycles. The quantitative estimate of drug-likeness (QED) is 0.369. The predicted octanol–water partition coefficient (Wildman–Crippen LogP) is 4.52. The van der Waals surface area contributed by atoms with E-state index in [2.05, 4.69) is 4.99 Å². The van der Waals surface area contributed by atoms with Crippen molar-refractivity contribution in [1.82, 2.24) is 4.98 Å². The SMILES string of the molecule is CS(=O)(=O)OCC1(O)CC(C2=C3C=NC=C[N+]3(Cl)C(c3ccc4ccc(-c5ccccc5)nc4c3)=N2)C1. The normalized spacial score (nSPS) is 26.8. The van der Waals surface area contributed by atoms with Crippen molar-refractivity contribution in [3.05, 3.63) is 90.0 Å². The second kappa shape index (κ2) is 8.68. The predicted molar refractivity (Wildman–Crippen MR) is 143 cm³/mol. The number of allylic oxidation sites excluding steroid dienone is 2. The second-order valence-corrected chi connectivity index (χ2v) is 11.9. The van der Waals surface area contributed by atoms with Gasteiger partial charge in [-0.3, -0.25) is 9.18 Å². The highest BCUT2D eigenvalue weighted by Gasteiger charge is 2.53. The molecule has 3 heterocycles. The van der Waals surface area contributed by atoms with Crippen LogP contribution in [-0.4, -0.2) is 53.0 Å². The van der Waals surface area contributed by atoms with Crippen molar-refractivity contribution in [2.45, 2.75) is 18.4 Å². The highest BCUT2D eigenvalue weighted by atomic mass is 35.5. The van der Waals surface area contributed by atoms with Crippen molar-refractivity contribution in [3.63, 3.8) is 0 Å². The molecule has 1 fully saturated rings. The molecule has 0 bridgehead atoms. The van der Waals surface area contributed by atoms with Gasteiger partial charge >= 0.3 is 0 Å². The first kappa shape index (κ1) is 24.1. The first-order valence-electron chi connectivity index (χ1n) is 11.8. The maximum Gasteiger partial charge on any atom is 0.264 e. The number of aromatic nitrogens is 1. The number of aliphatic hydroxyl groups is 1. The number of benzene rings is 2. The van der Waals surface area contributed by atoms with Crippen LogP contribution in [0.5, 0.6) is 0 Å². The average Bonchev–Trinajstić information content (AvgIpc) is 3.18. The highest BCUT2D eigenvalue weighted by molar-refractivity contribution is 7.85. The van der Waals surface area contributed by atoms with Gasteiger partial charge in [0.05, 0.1) is 47.7 Å². The van der Waals surface area contributed by atoms with Crippen LogP contribution in [0.4, 0.5) is 0 Å². The maximum atomic E-state index is 11.4. The van der Waals surface area contributed by atoms with Crippen LogP contribution in [0, 0.1) is 5.92 Å². The van der Waals surface area contributed by atoms with E-state index in [-0.39, 0.29) is 16.5 Å². The Morgan fingerprint density at radius 3 is 2.62 bits per heavy atom. The van der Waals surface area contributed by atoms with E-state index in [1.165, 1.54) is 0 Å². The number of hydrogen-bond donors (Lipinski definition) is 1. The summed E-state index contributed by atoms with van der Waals surface area (Å²) in [5, 5.41) is 11.7. The zero-order valence-corrected chi connectivity index (χ0v) is 21.5. The van der Waals surface area contributed by atoms with E-state index in [9.17, 15) is 13.5 Å². The van der Waals surface area contributed by atoms with E-state index in [4.69, 9.17) is 25.9 Å². The van der Waals surface area contributed by atoms with Crippen LogP contribution in [0.1, 0.15) is 18.4 Å². The lowest BCUT2D eigenvalue weighted by molar-refractivity contribution is -0.600. The molecule has 3 aliphatic rings. The van der Waals surface area contributed by atoms with E-state index >= 15 is 0 Å². The molecule has 6 rings (SSSR count). The molecule has 2 aromatic carbocycles. The number of rotatable bonds is 6. The summed E-state index contributed by atoms with van der Waals surface area (Å²) in [6, 6.07) is 20.0. The minimum atomic E-state index is -3.64. The molecule has 1 saturated carbocycles. The van der Waals surface area contributed by atoms with Gasteiger partial charge in [0.25, 0.3) is 16.0 Å². The third kappa shape index (κ3) is 4.43. The van der Waals surface area contributed by atoms with Gasteiger partial charge in [-0.25, -0.2) is 4.98 Å². The summed E-state index contributed by atoms with van der Waals surface area (Å²) < 4.78 is 27.4. The number of hydrogen-bond acceptors (Lipinski definition) is 7. The standard InChI is InChI=1S/C27H24ClN4O4S/c1-37(34,35)36-17-27(33)14-21(15-27)25-24-16-29-11-12-32(24,28)26(31-25)20-8-7-19-9-10-22(30-23(19)13-20)18-5-3-2-4-6-18/h2-13,16,21,33H,14-15,17H2,1H3/q+1. The largest absolute Gasteiger partial charge is 0.387 e. The molecule has 0 spiro atoms. The molecule has 1 N–H and O–H groups in total. The van der Waals surface area contributed by atoms with E-state index in [1.54, 1.807) is 18.6 Å². The van der Waals surface area contributed by atoms with Gasteiger partial charge in [-0.2, -0.15) is 13.4 Å². The maximum absolute atomic E-state index is 11.4. The van der Waals surface area contributed by atoms with Crippen LogP contribution in [0.15, 0.2) is 94.4 Å². The van der Waals surface area contributed by atoms with Crippen molar-refractivity contribution < 1.29 is 21.7 Å². The number of pyridine rings is 1. The molecule has 1 unspecified atom stereocenters. The third-order valence-electron chi connectivity index (χ3n) is 6.90. The van der Waals surface area contributed by atoms with Crippen LogP contribution in [0.3, 0.4) is 0 Å². The topological polar surface area (TPSA) is 101 Å². The number of amidine groups is 1. The number of fused-ring (bicyclic) bond motifs is 2. The zero-order valence-electron chi connectivity index (χ0n) is 20.0. The Morgan fingerprint density at radius 1 is 1.11 bits per heavy atom. The summed E-state index contributed by atoms with van der Waals surface area (Å²) in [6.07, 6.45) is 6.68. The van der Waals surface area contributed by atoms with Crippen LogP contribution in [-0.2, 0) is 14.3 Å². The lowest BCUT2D eigenvalue weighted by Gasteiger charge is -2.42. The van der Waals surface area contributed by atoms with Gasteiger partial charge in [0.1, 0.15) is 11.9 Å². The minimum Gasteiger partial charge on any atom is -0.387 e. The Hall–Kier alpha value is -3.21. The third-order valence-corrected chi connectivity index (χ3v) is 7.90. The highest BCUT2D eigenvalue weighted by Crippen LogP contribution is 2.49. The van der Waals surface area contributed by atoms with E-state index in [1.807, 2.05) is 60.7 Å². The first-order chi connectivity index (χ1) is 17.6. The van der Waals surface area contributed by atoms with E-state index in [0.717, 1.165) is 39.7 Å². The van der Waals surface area contributed by atoms with Crippen molar-refractivity contribution in [2.24, 2.45) is 15.9 Å². The van der Waals surface area contributed by atoms with Gasteiger partial charge in [-0.1, -0.05) is 42.5 Å². The fraction of sp³-hybridized carbons (Fsp3) is 0.222. The Kier molecular flexibility index (Phi) is 5.66. The molecule has 10 heteroatoms. The summed E-state index contributed by atoms with van der Waals surface area (Å²) in [4.78, 5) is 14.1. The summed E-state index contributed by atoms with van der Waals surface area (Å²) in [7, 11) is -3.64. The molecule has 0 saturated heterocycles. The number of aliphatic imine (C=N–C) groups is 2. The van der Waals surface area contributed by atoms with E-state index < -0.39 is 15.7 Å². The van der Waals surface area contributed by atoms with Gasteiger partial charge in [-0.15, -0.1) is 4.00 Å². The van der Waals surface area contributed by atoms with Gasteiger partial charge < -0.3 is 5.11 Å². The Balaban J connectivity index is 1.34. The number of halogens is 1. The molecule has 3 aromatic rings. The molecule has 1 aliphatic carbocycles. The monoisotopic (exact) mass is 535 g/mol. The molecule has 188 valence electrons.